The Morgan fingerprint density at radius 2 is 1.22 bits per heavy atom. The molecule has 0 spiro atoms. The number of piperidine rings is 1. The fourth-order valence-electron chi connectivity index (χ4n) is 3.15. The van der Waals surface area contributed by atoms with Gasteiger partial charge in [-0.1, -0.05) is 18.6 Å². The SMILES string of the molecule is CCOP(=O)(OCC)C(C/C=C/CN1CCCCC1)P(=O)(OCC)OCC. The molecule has 1 rings (SSSR count). The van der Waals surface area contributed by atoms with Crippen molar-refractivity contribution in [3.05, 3.63) is 12.2 Å². The van der Waals surface area contributed by atoms with Gasteiger partial charge in [0.15, 0.2) is 5.40 Å². The van der Waals surface area contributed by atoms with Crippen LogP contribution in [0.4, 0.5) is 0 Å². The normalized spacial score (nSPS) is 17.2. The van der Waals surface area contributed by atoms with E-state index in [-0.39, 0.29) is 32.8 Å². The van der Waals surface area contributed by atoms with E-state index in [9.17, 15) is 9.13 Å². The first kappa shape index (κ1) is 25.0. The van der Waals surface area contributed by atoms with Crippen molar-refractivity contribution in [3.63, 3.8) is 0 Å². The standard InChI is InChI=1S/C18H37NO6P2/c1-5-22-26(20,23-6-2)18(27(21,24-7-3)25-8-4)14-10-13-17-19-15-11-9-12-16-19/h10,13,18H,5-9,11-12,14-17H2,1-4H3/b13-10+. The minimum atomic E-state index is -3.66. The molecule has 0 aromatic heterocycles. The van der Waals surface area contributed by atoms with Gasteiger partial charge in [0.1, 0.15) is 0 Å². The summed E-state index contributed by atoms with van der Waals surface area (Å²) in [4.78, 5) is 2.38. The summed E-state index contributed by atoms with van der Waals surface area (Å²) < 4.78 is 48.7. The van der Waals surface area contributed by atoms with Crippen molar-refractivity contribution in [1.29, 1.82) is 0 Å². The van der Waals surface area contributed by atoms with E-state index in [1.54, 1.807) is 27.7 Å². The third kappa shape index (κ3) is 8.10. The molecule has 0 aliphatic carbocycles. The average Bonchev–Trinajstić information content (AvgIpc) is 2.63. The molecule has 27 heavy (non-hydrogen) atoms. The Bertz CT molecular complexity index is 472. The van der Waals surface area contributed by atoms with Crippen molar-refractivity contribution in [2.45, 2.75) is 58.8 Å². The van der Waals surface area contributed by atoms with Gasteiger partial charge in [-0.2, -0.15) is 0 Å². The minimum absolute atomic E-state index is 0.198. The topological polar surface area (TPSA) is 74.3 Å². The van der Waals surface area contributed by atoms with Crippen LogP contribution in [0.5, 0.6) is 0 Å². The Balaban J connectivity index is 2.97. The number of nitrogens with zero attached hydrogens (tertiary/aromatic N) is 1. The van der Waals surface area contributed by atoms with Gasteiger partial charge in [0, 0.05) is 6.54 Å². The molecule has 0 unspecified atom stereocenters. The van der Waals surface area contributed by atoms with Crippen LogP contribution in [-0.2, 0) is 27.2 Å². The van der Waals surface area contributed by atoms with Crippen LogP contribution in [-0.4, -0.2) is 56.4 Å². The van der Waals surface area contributed by atoms with E-state index in [0.717, 1.165) is 19.6 Å². The Morgan fingerprint density at radius 3 is 1.63 bits per heavy atom. The van der Waals surface area contributed by atoms with Crippen LogP contribution in [0.25, 0.3) is 0 Å². The number of rotatable bonds is 14. The van der Waals surface area contributed by atoms with Crippen LogP contribution in [0.3, 0.4) is 0 Å². The van der Waals surface area contributed by atoms with Crippen LogP contribution in [0, 0.1) is 0 Å². The summed E-state index contributed by atoms with van der Waals surface area (Å²) in [6.45, 7) is 10.8. The van der Waals surface area contributed by atoms with Gasteiger partial charge in [-0.25, -0.2) is 0 Å². The molecule has 0 aromatic carbocycles. The van der Waals surface area contributed by atoms with E-state index in [4.69, 9.17) is 18.1 Å². The average molecular weight is 425 g/mol. The van der Waals surface area contributed by atoms with Gasteiger partial charge < -0.3 is 18.1 Å². The molecular weight excluding hydrogens is 388 g/mol. The molecule has 1 aliphatic rings. The molecule has 0 bridgehead atoms. The maximum absolute atomic E-state index is 13.4. The molecule has 0 atom stereocenters. The van der Waals surface area contributed by atoms with E-state index < -0.39 is 20.6 Å². The van der Waals surface area contributed by atoms with E-state index in [1.165, 1.54) is 19.3 Å². The lowest BCUT2D eigenvalue weighted by molar-refractivity contribution is 0.195. The summed E-state index contributed by atoms with van der Waals surface area (Å²) in [5.41, 5.74) is 0. The van der Waals surface area contributed by atoms with Gasteiger partial charge in [-0.3, -0.25) is 14.0 Å². The molecule has 0 aromatic rings. The van der Waals surface area contributed by atoms with Gasteiger partial charge in [-0.05, 0) is 60.0 Å². The first-order valence-electron chi connectivity index (χ1n) is 10.1. The highest BCUT2D eigenvalue weighted by Gasteiger charge is 2.49. The molecule has 1 aliphatic heterocycles. The highest BCUT2D eigenvalue weighted by atomic mass is 31.2. The van der Waals surface area contributed by atoms with Crippen LogP contribution in [0.15, 0.2) is 12.2 Å². The molecule has 7 nitrogen and oxygen atoms in total. The predicted molar refractivity (Wildman–Crippen MR) is 110 cm³/mol. The van der Waals surface area contributed by atoms with E-state index in [1.807, 2.05) is 12.2 Å². The zero-order valence-electron chi connectivity index (χ0n) is 17.3. The van der Waals surface area contributed by atoms with E-state index in [0.29, 0.717) is 0 Å². The Kier molecular flexibility index (Phi) is 12.3. The van der Waals surface area contributed by atoms with Crippen molar-refractivity contribution >= 4 is 15.2 Å². The van der Waals surface area contributed by atoms with Crippen LogP contribution in [0.1, 0.15) is 53.4 Å². The van der Waals surface area contributed by atoms with Crippen LogP contribution < -0.4 is 0 Å². The predicted octanol–water partition coefficient (Wildman–Crippen LogP) is 5.28. The molecule has 160 valence electrons. The quantitative estimate of drug-likeness (QED) is 0.277. The lowest BCUT2D eigenvalue weighted by Crippen LogP contribution is -2.29. The maximum atomic E-state index is 13.4. The zero-order chi connectivity index (χ0) is 20.2. The van der Waals surface area contributed by atoms with Gasteiger partial charge >= 0.3 is 15.2 Å². The van der Waals surface area contributed by atoms with Gasteiger partial charge in [0.2, 0.25) is 0 Å². The highest BCUT2D eigenvalue weighted by molar-refractivity contribution is 7.72. The monoisotopic (exact) mass is 425 g/mol. The highest BCUT2D eigenvalue weighted by Crippen LogP contribution is 2.71. The maximum Gasteiger partial charge on any atom is 0.346 e. The first-order valence-corrected chi connectivity index (χ1v) is 13.3. The molecule has 1 fully saturated rings. The smallest absolute Gasteiger partial charge is 0.308 e. The summed E-state index contributed by atoms with van der Waals surface area (Å²) in [5, 5.41) is -0.970. The third-order valence-corrected chi connectivity index (χ3v) is 10.3. The van der Waals surface area contributed by atoms with Crippen molar-refractivity contribution in [2.75, 3.05) is 46.1 Å². The molecule has 9 heteroatoms. The van der Waals surface area contributed by atoms with Gasteiger partial charge in [0.05, 0.1) is 26.4 Å². The van der Waals surface area contributed by atoms with Crippen LogP contribution in [0.2, 0.25) is 0 Å². The Labute approximate surface area is 164 Å². The Morgan fingerprint density at radius 1 is 0.778 bits per heavy atom. The summed E-state index contributed by atoms with van der Waals surface area (Å²) in [7, 11) is -7.32. The second kappa shape index (κ2) is 13.3. The fourth-order valence-corrected chi connectivity index (χ4v) is 8.38. The van der Waals surface area contributed by atoms with E-state index >= 15 is 0 Å². The molecule has 0 saturated carbocycles. The molecular formula is C18H37NO6P2. The minimum Gasteiger partial charge on any atom is -0.308 e. The van der Waals surface area contributed by atoms with Crippen LogP contribution >= 0.6 is 15.2 Å². The first-order chi connectivity index (χ1) is 13.0. The number of likely N-dealkylation sites (tertiary alicyclic amines) is 1. The van der Waals surface area contributed by atoms with Crippen molar-refractivity contribution in [3.8, 4) is 0 Å². The Hall–Kier alpha value is -0.0000000000000000416. The molecule has 0 amide bonds. The number of hydrogen-bond acceptors (Lipinski definition) is 7. The fraction of sp³-hybridized carbons (Fsp3) is 0.889. The van der Waals surface area contributed by atoms with Crippen molar-refractivity contribution in [2.24, 2.45) is 0 Å². The van der Waals surface area contributed by atoms with Gasteiger partial charge in [0.25, 0.3) is 0 Å². The third-order valence-electron chi connectivity index (χ3n) is 4.29. The summed E-state index contributed by atoms with van der Waals surface area (Å²) in [5.74, 6) is 0. The number of allylic oxidation sites excluding steroid dienone is 1. The zero-order valence-corrected chi connectivity index (χ0v) is 19.1. The largest absolute Gasteiger partial charge is 0.346 e. The summed E-state index contributed by atoms with van der Waals surface area (Å²) >= 11 is 0. The summed E-state index contributed by atoms with van der Waals surface area (Å²) in [6, 6.07) is 0. The lowest BCUT2D eigenvalue weighted by atomic mass is 10.1. The summed E-state index contributed by atoms with van der Waals surface area (Å²) in [6.07, 6.45) is 7.92. The molecule has 0 radical (unpaired) electrons. The lowest BCUT2D eigenvalue weighted by Gasteiger charge is -2.30. The van der Waals surface area contributed by atoms with Gasteiger partial charge in [-0.15, -0.1) is 0 Å². The number of hydrogen-bond donors (Lipinski definition) is 0. The van der Waals surface area contributed by atoms with Crippen molar-refractivity contribution < 1.29 is 27.2 Å². The second-order valence-corrected chi connectivity index (χ2v) is 11.1. The molecule has 1 saturated heterocycles. The van der Waals surface area contributed by atoms with Crippen molar-refractivity contribution in [1.82, 2.24) is 4.90 Å². The molecule has 0 N–H and O–H groups in total. The second-order valence-electron chi connectivity index (χ2n) is 6.30. The van der Waals surface area contributed by atoms with E-state index in [2.05, 4.69) is 4.90 Å². The molecule has 1 heterocycles.